The molecule has 0 heterocycles. The van der Waals surface area contributed by atoms with Gasteiger partial charge in [0.25, 0.3) is 0 Å². The first kappa shape index (κ1) is 40.9. The minimum atomic E-state index is -0.0209. The molecule has 0 rings (SSSR count). The molecule has 0 saturated carbocycles. The van der Waals surface area contributed by atoms with E-state index in [9.17, 15) is 9.59 Å². The molecule has 0 aromatic heterocycles. The number of carbonyl (C=O) groups excluding carboxylic acids is 2. The average Bonchev–Trinajstić information content (AvgIpc) is 2.99. The second-order valence-electron chi connectivity index (χ2n) is 12.8. The first-order valence-corrected chi connectivity index (χ1v) is 19.0. The fourth-order valence-electron chi connectivity index (χ4n) is 5.65. The highest BCUT2D eigenvalue weighted by Gasteiger charge is 2.04. The van der Waals surface area contributed by atoms with Crippen molar-refractivity contribution in [2.45, 2.75) is 219 Å². The van der Waals surface area contributed by atoms with Gasteiger partial charge in [-0.15, -0.1) is 0 Å². The summed E-state index contributed by atoms with van der Waals surface area (Å²) >= 11 is 0. The molecule has 0 aromatic rings. The second-order valence-corrected chi connectivity index (χ2v) is 12.8. The van der Waals surface area contributed by atoms with E-state index >= 15 is 0 Å². The van der Waals surface area contributed by atoms with Gasteiger partial charge in [0.05, 0.1) is 13.2 Å². The molecule has 0 unspecified atom stereocenters. The normalized spacial score (nSPS) is 11.2. The lowest BCUT2D eigenvalue weighted by Gasteiger charge is -2.06. The highest BCUT2D eigenvalue weighted by atomic mass is 16.5. The molecule has 0 aromatic carbocycles. The average molecular weight is 595 g/mol. The predicted molar refractivity (Wildman–Crippen MR) is 181 cm³/mol. The van der Waals surface area contributed by atoms with Gasteiger partial charge in [0.1, 0.15) is 0 Å². The zero-order valence-electron chi connectivity index (χ0n) is 28.7. The lowest BCUT2D eigenvalue weighted by Crippen LogP contribution is -2.06. The van der Waals surface area contributed by atoms with Crippen molar-refractivity contribution in [3.05, 3.63) is 0 Å². The van der Waals surface area contributed by atoms with Crippen molar-refractivity contribution in [1.29, 1.82) is 0 Å². The zero-order valence-corrected chi connectivity index (χ0v) is 28.7. The van der Waals surface area contributed by atoms with Crippen LogP contribution < -0.4 is 0 Å². The van der Waals surface area contributed by atoms with Crippen molar-refractivity contribution in [3.8, 4) is 0 Å². The quantitative estimate of drug-likeness (QED) is 0.0541. The Morgan fingerprint density at radius 3 is 0.786 bits per heavy atom. The third-order valence-corrected chi connectivity index (χ3v) is 8.53. The lowest BCUT2D eigenvalue weighted by molar-refractivity contribution is -0.144. The van der Waals surface area contributed by atoms with Crippen LogP contribution in [0.4, 0.5) is 0 Å². The minimum absolute atomic E-state index is 0.0209. The van der Waals surface area contributed by atoms with Gasteiger partial charge in [0.15, 0.2) is 0 Å². The van der Waals surface area contributed by atoms with Gasteiger partial charge >= 0.3 is 11.9 Å². The standard InChI is InChI=1S/C38H74O4/c1-3-5-7-9-11-13-15-17-19-21-25-29-33-37(39)41-35-31-27-23-24-28-32-36-42-38(40)34-30-26-22-20-18-16-14-12-10-8-6-4-2/h3-36H2,1-2H3. The van der Waals surface area contributed by atoms with Crippen LogP contribution in [0.1, 0.15) is 219 Å². The van der Waals surface area contributed by atoms with Gasteiger partial charge in [0.2, 0.25) is 0 Å². The van der Waals surface area contributed by atoms with Gasteiger partial charge in [-0.3, -0.25) is 9.59 Å². The number of unbranched alkanes of at least 4 members (excludes halogenated alkanes) is 27. The highest BCUT2D eigenvalue weighted by molar-refractivity contribution is 5.69. The fraction of sp³-hybridized carbons (Fsp3) is 0.947. The van der Waals surface area contributed by atoms with Crippen LogP contribution in [0.25, 0.3) is 0 Å². The smallest absolute Gasteiger partial charge is 0.305 e. The number of hydrogen-bond acceptors (Lipinski definition) is 4. The Labute approximate surface area is 263 Å². The topological polar surface area (TPSA) is 52.6 Å². The zero-order chi connectivity index (χ0) is 30.6. The van der Waals surface area contributed by atoms with Gasteiger partial charge < -0.3 is 9.47 Å². The van der Waals surface area contributed by atoms with E-state index in [2.05, 4.69) is 13.8 Å². The third kappa shape index (κ3) is 35.1. The van der Waals surface area contributed by atoms with E-state index in [4.69, 9.17) is 9.47 Å². The van der Waals surface area contributed by atoms with Crippen LogP contribution in [0, 0.1) is 0 Å². The van der Waals surface area contributed by atoms with Crippen molar-refractivity contribution in [2.24, 2.45) is 0 Å². The van der Waals surface area contributed by atoms with E-state index < -0.39 is 0 Å². The number of esters is 2. The molecular formula is C38H74O4. The maximum Gasteiger partial charge on any atom is 0.305 e. The molecule has 4 nitrogen and oxygen atoms in total. The van der Waals surface area contributed by atoms with Gasteiger partial charge in [-0.2, -0.15) is 0 Å². The predicted octanol–water partition coefficient (Wildman–Crippen LogP) is 12.6. The summed E-state index contributed by atoms with van der Waals surface area (Å²) in [4.78, 5) is 23.8. The van der Waals surface area contributed by atoms with Crippen LogP contribution in [-0.2, 0) is 19.1 Å². The Bertz CT molecular complexity index is 499. The first-order valence-electron chi connectivity index (χ1n) is 19.0. The molecule has 250 valence electrons. The monoisotopic (exact) mass is 595 g/mol. The maximum atomic E-state index is 11.9. The summed E-state index contributed by atoms with van der Waals surface area (Å²) in [5.41, 5.74) is 0. The minimum Gasteiger partial charge on any atom is -0.466 e. The van der Waals surface area contributed by atoms with Crippen molar-refractivity contribution < 1.29 is 19.1 Å². The van der Waals surface area contributed by atoms with E-state index in [0.29, 0.717) is 26.1 Å². The lowest BCUT2D eigenvalue weighted by atomic mass is 10.0. The Morgan fingerprint density at radius 2 is 0.524 bits per heavy atom. The van der Waals surface area contributed by atoms with Crippen LogP contribution >= 0.6 is 0 Å². The first-order chi connectivity index (χ1) is 20.7. The van der Waals surface area contributed by atoms with E-state index in [1.54, 1.807) is 0 Å². The molecule has 0 saturated heterocycles. The summed E-state index contributed by atoms with van der Waals surface area (Å²) in [7, 11) is 0. The van der Waals surface area contributed by atoms with Crippen molar-refractivity contribution in [1.82, 2.24) is 0 Å². The van der Waals surface area contributed by atoms with E-state index in [1.807, 2.05) is 0 Å². The number of hydrogen-bond donors (Lipinski definition) is 0. The molecule has 0 radical (unpaired) electrons. The molecule has 0 atom stereocenters. The van der Waals surface area contributed by atoms with Crippen LogP contribution in [-0.4, -0.2) is 25.2 Å². The van der Waals surface area contributed by atoms with Crippen molar-refractivity contribution in [3.63, 3.8) is 0 Å². The summed E-state index contributed by atoms with van der Waals surface area (Å²) in [5.74, 6) is -0.0419. The molecule has 4 heteroatoms. The fourth-order valence-corrected chi connectivity index (χ4v) is 5.65. The van der Waals surface area contributed by atoms with E-state index in [1.165, 1.54) is 128 Å². The van der Waals surface area contributed by atoms with E-state index in [0.717, 1.165) is 64.2 Å². The molecule has 0 N–H and O–H groups in total. The van der Waals surface area contributed by atoms with Gasteiger partial charge in [-0.1, -0.05) is 181 Å². The Hall–Kier alpha value is -1.06. The largest absolute Gasteiger partial charge is 0.466 e. The van der Waals surface area contributed by atoms with Crippen molar-refractivity contribution in [2.75, 3.05) is 13.2 Å². The maximum absolute atomic E-state index is 11.9. The molecule has 0 aliphatic rings. The molecule has 0 spiro atoms. The summed E-state index contributed by atoms with van der Waals surface area (Å²) in [6, 6.07) is 0. The molecule has 0 amide bonds. The molecule has 0 aliphatic heterocycles. The Kier molecular flexibility index (Phi) is 35.2. The molecule has 42 heavy (non-hydrogen) atoms. The number of rotatable bonds is 35. The highest BCUT2D eigenvalue weighted by Crippen LogP contribution is 2.14. The Morgan fingerprint density at radius 1 is 0.310 bits per heavy atom. The van der Waals surface area contributed by atoms with Crippen LogP contribution in [0.3, 0.4) is 0 Å². The Balaban J connectivity index is 3.23. The van der Waals surface area contributed by atoms with Gasteiger partial charge in [0, 0.05) is 12.8 Å². The number of ether oxygens (including phenoxy) is 2. The number of carbonyl (C=O) groups is 2. The van der Waals surface area contributed by atoms with Gasteiger partial charge in [-0.05, 0) is 25.7 Å². The van der Waals surface area contributed by atoms with Crippen LogP contribution in [0.5, 0.6) is 0 Å². The van der Waals surface area contributed by atoms with Crippen LogP contribution in [0.15, 0.2) is 0 Å². The molecule has 0 fully saturated rings. The summed E-state index contributed by atoms with van der Waals surface area (Å²) in [6.07, 6.45) is 39.1. The molecule has 0 bridgehead atoms. The second kappa shape index (κ2) is 36.1. The van der Waals surface area contributed by atoms with Crippen molar-refractivity contribution >= 4 is 11.9 Å². The summed E-state index contributed by atoms with van der Waals surface area (Å²) in [5, 5.41) is 0. The molecule has 0 aliphatic carbocycles. The molecular weight excluding hydrogens is 520 g/mol. The van der Waals surface area contributed by atoms with E-state index in [-0.39, 0.29) is 11.9 Å². The van der Waals surface area contributed by atoms with Crippen LogP contribution in [0.2, 0.25) is 0 Å². The van der Waals surface area contributed by atoms with Gasteiger partial charge in [-0.25, -0.2) is 0 Å². The summed E-state index contributed by atoms with van der Waals surface area (Å²) in [6.45, 7) is 5.67. The summed E-state index contributed by atoms with van der Waals surface area (Å²) < 4.78 is 10.8. The SMILES string of the molecule is CCCCCCCCCCCCCCC(=O)OCCCCCCCCOC(=O)CCCCCCCCCCCCCC. The third-order valence-electron chi connectivity index (χ3n) is 8.53.